The van der Waals surface area contributed by atoms with E-state index in [0.29, 0.717) is 5.54 Å². The first-order valence-electron chi connectivity index (χ1n) is 10.9. The zero-order valence-corrected chi connectivity index (χ0v) is 18.4. The molecule has 6 heteroatoms. The van der Waals surface area contributed by atoms with E-state index in [9.17, 15) is 0 Å². The Morgan fingerprint density at radius 2 is 1.90 bits per heavy atom. The number of fused-ring (bicyclic) bond motifs is 2. The quantitative estimate of drug-likeness (QED) is 0.628. The standard InChI is InChI=1S/C23H29ClN4S/c24-18-6-7-20-19(17-18)28(22-21(29-20)5-4-11-26-22)15-3-1-2-14-27-16-10-23(27)8-12-25-13-9-23/h4-7,11,17,25H,1-3,8-10,12-16H2. The normalized spacial score (nSPS) is 20.2. The van der Waals surface area contributed by atoms with Gasteiger partial charge < -0.3 is 10.2 Å². The second kappa shape index (κ2) is 8.46. The van der Waals surface area contributed by atoms with E-state index in [2.05, 4.69) is 38.3 Å². The summed E-state index contributed by atoms with van der Waals surface area (Å²) < 4.78 is 0. The van der Waals surface area contributed by atoms with Crippen LogP contribution >= 0.6 is 23.4 Å². The molecule has 2 fully saturated rings. The number of piperidine rings is 1. The highest BCUT2D eigenvalue weighted by Gasteiger charge is 2.44. The summed E-state index contributed by atoms with van der Waals surface area (Å²) >= 11 is 8.11. The second-order valence-electron chi connectivity index (χ2n) is 8.46. The van der Waals surface area contributed by atoms with Crippen molar-refractivity contribution in [1.29, 1.82) is 0 Å². The van der Waals surface area contributed by atoms with Crippen LogP contribution in [0.2, 0.25) is 5.02 Å². The van der Waals surface area contributed by atoms with Crippen molar-refractivity contribution >= 4 is 34.9 Å². The molecule has 5 rings (SSSR count). The maximum absolute atomic E-state index is 6.31. The third-order valence-electron chi connectivity index (χ3n) is 6.80. The van der Waals surface area contributed by atoms with Crippen LogP contribution in [0.4, 0.5) is 11.5 Å². The van der Waals surface area contributed by atoms with Crippen LogP contribution in [-0.4, -0.2) is 48.1 Å². The van der Waals surface area contributed by atoms with Gasteiger partial charge in [0.05, 0.1) is 10.6 Å². The van der Waals surface area contributed by atoms with Gasteiger partial charge in [0.1, 0.15) is 5.82 Å². The van der Waals surface area contributed by atoms with Gasteiger partial charge in [-0.15, -0.1) is 0 Å². The molecule has 3 aliphatic heterocycles. The highest BCUT2D eigenvalue weighted by Crippen LogP contribution is 2.47. The zero-order chi connectivity index (χ0) is 19.7. The van der Waals surface area contributed by atoms with Crippen LogP contribution in [0.15, 0.2) is 46.3 Å². The molecule has 0 saturated carbocycles. The number of pyridine rings is 1. The first-order chi connectivity index (χ1) is 14.3. The lowest BCUT2D eigenvalue weighted by molar-refractivity contribution is -0.0376. The zero-order valence-electron chi connectivity index (χ0n) is 16.9. The Balaban J connectivity index is 1.19. The van der Waals surface area contributed by atoms with Gasteiger partial charge in [0.15, 0.2) is 0 Å². The molecule has 3 aliphatic rings. The van der Waals surface area contributed by atoms with E-state index in [1.165, 1.54) is 80.2 Å². The van der Waals surface area contributed by atoms with E-state index in [4.69, 9.17) is 11.6 Å². The molecule has 4 nitrogen and oxygen atoms in total. The van der Waals surface area contributed by atoms with Gasteiger partial charge in [-0.05, 0) is 82.1 Å². The number of rotatable bonds is 6. The largest absolute Gasteiger partial charge is 0.324 e. The fraction of sp³-hybridized carbons (Fsp3) is 0.522. The summed E-state index contributed by atoms with van der Waals surface area (Å²) in [6, 6.07) is 10.4. The van der Waals surface area contributed by atoms with Crippen molar-refractivity contribution in [3.63, 3.8) is 0 Å². The molecule has 4 heterocycles. The van der Waals surface area contributed by atoms with Crippen molar-refractivity contribution in [2.45, 2.75) is 53.9 Å². The van der Waals surface area contributed by atoms with E-state index >= 15 is 0 Å². The minimum absolute atomic E-state index is 0.536. The van der Waals surface area contributed by atoms with Gasteiger partial charge in [-0.25, -0.2) is 4.98 Å². The number of hydrogen-bond donors (Lipinski definition) is 1. The molecule has 0 bridgehead atoms. The maximum Gasteiger partial charge on any atom is 0.147 e. The predicted molar refractivity (Wildman–Crippen MR) is 122 cm³/mol. The predicted octanol–water partition coefficient (Wildman–Crippen LogP) is 5.34. The number of nitrogens with one attached hydrogen (secondary N) is 1. The van der Waals surface area contributed by atoms with Gasteiger partial charge in [-0.3, -0.25) is 4.90 Å². The Hall–Kier alpha value is -1.27. The summed E-state index contributed by atoms with van der Waals surface area (Å²) in [6.07, 6.45) is 9.68. The molecule has 0 amide bonds. The van der Waals surface area contributed by atoms with Crippen LogP contribution in [0.25, 0.3) is 0 Å². The average Bonchev–Trinajstić information content (AvgIpc) is 2.75. The summed E-state index contributed by atoms with van der Waals surface area (Å²) in [6.45, 7) is 5.93. The van der Waals surface area contributed by atoms with Gasteiger partial charge >= 0.3 is 0 Å². The molecule has 1 spiro atoms. The van der Waals surface area contributed by atoms with Gasteiger partial charge in [0, 0.05) is 34.7 Å². The van der Waals surface area contributed by atoms with E-state index in [-0.39, 0.29) is 0 Å². The van der Waals surface area contributed by atoms with E-state index in [0.717, 1.165) is 17.4 Å². The molecular weight excluding hydrogens is 400 g/mol. The Morgan fingerprint density at radius 1 is 1.03 bits per heavy atom. The van der Waals surface area contributed by atoms with Crippen LogP contribution in [0.3, 0.4) is 0 Å². The molecule has 29 heavy (non-hydrogen) atoms. The van der Waals surface area contributed by atoms with Crippen molar-refractivity contribution in [2.75, 3.05) is 37.6 Å². The molecule has 154 valence electrons. The topological polar surface area (TPSA) is 31.4 Å². The number of nitrogens with zero attached hydrogens (tertiary/aromatic N) is 3. The highest BCUT2D eigenvalue weighted by atomic mass is 35.5. The molecule has 1 aromatic heterocycles. The first kappa shape index (κ1) is 19.7. The van der Waals surface area contributed by atoms with Crippen molar-refractivity contribution in [3.05, 3.63) is 41.6 Å². The van der Waals surface area contributed by atoms with E-state index in [1.54, 1.807) is 11.8 Å². The summed E-state index contributed by atoms with van der Waals surface area (Å²) in [5.74, 6) is 1.07. The number of unbranched alkanes of at least 4 members (excludes halogenated alkanes) is 2. The van der Waals surface area contributed by atoms with Gasteiger partial charge in [-0.1, -0.05) is 29.8 Å². The van der Waals surface area contributed by atoms with Crippen LogP contribution in [0.1, 0.15) is 38.5 Å². The number of aromatic nitrogens is 1. The first-order valence-corrected chi connectivity index (χ1v) is 12.1. The minimum Gasteiger partial charge on any atom is -0.324 e. The fourth-order valence-electron chi connectivity index (χ4n) is 5.05. The molecule has 2 saturated heterocycles. The number of likely N-dealkylation sites (tertiary alicyclic amines) is 1. The van der Waals surface area contributed by atoms with Crippen LogP contribution in [0.5, 0.6) is 0 Å². The second-order valence-corrected chi connectivity index (χ2v) is 9.98. The number of benzene rings is 1. The molecule has 1 aromatic carbocycles. The monoisotopic (exact) mass is 428 g/mol. The Labute approximate surface area is 183 Å². The van der Waals surface area contributed by atoms with Crippen LogP contribution in [-0.2, 0) is 0 Å². The fourth-order valence-corrected chi connectivity index (χ4v) is 6.27. The lowest BCUT2D eigenvalue weighted by atomic mass is 9.77. The lowest BCUT2D eigenvalue weighted by Gasteiger charge is -2.55. The summed E-state index contributed by atoms with van der Waals surface area (Å²) in [5, 5.41) is 4.30. The van der Waals surface area contributed by atoms with Crippen molar-refractivity contribution in [2.24, 2.45) is 0 Å². The van der Waals surface area contributed by atoms with Crippen molar-refractivity contribution in [1.82, 2.24) is 15.2 Å². The van der Waals surface area contributed by atoms with Crippen LogP contribution < -0.4 is 10.2 Å². The summed E-state index contributed by atoms with van der Waals surface area (Å²) in [7, 11) is 0. The highest BCUT2D eigenvalue weighted by molar-refractivity contribution is 7.99. The lowest BCUT2D eigenvalue weighted by Crippen LogP contribution is -2.63. The van der Waals surface area contributed by atoms with Crippen LogP contribution in [0, 0.1) is 0 Å². The van der Waals surface area contributed by atoms with Crippen molar-refractivity contribution < 1.29 is 0 Å². The molecule has 1 N–H and O–H groups in total. The molecular formula is C23H29ClN4S. The SMILES string of the molecule is Clc1ccc2c(c1)N(CCCCCN1CCC13CCNCC3)c1ncccc1S2. The smallest absolute Gasteiger partial charge is 0.147 e. The Bertz CT molecular complexity index is 868. The third-order valence-corrected chi connectivity index (χ3v) is 8.14. The molecule has 0 radical (unpaired) electrons. The number of hydrogen-bond acceptors (Lipinski definition) is 5. The minimum atomic E-state index is 0.536. The van der Waals surface area contributed by atoms with Gasteiger partial charge in [-0.2, -0.15) is 0 Å². The van der Waals surface area contributed by atoms with E-state index < -0.39 is 0 Å². The molecule has 0 unspecified atom stereocenters. The molecule has 2 aromatic rings. The maximum atomic E-state index is 6.31. The Kier molecular flexibility index (Phi) is 5.74. The Morgan fingerprint density at radius 3 is 2.72 bits per heavy atom. The van der Waals surface area contributed by atoms with Gasteiger partial charge in [0.2, 0.25) is 0 Å². The molecule has 0 atom stereocenters. The van der Waals surface area contributed by atoms with Gasteiger partial charge in [0.25, 0.3) is 0 Å². The number of halogens is 1. The summed E-state index contributed by atoms with van der Waals surface area (Å²) in [5.41, 5.74) is 1.73. The van der Waals surface area contributed by atoms with E-state index in [1.807, 2.05) is 18.3 Å². The molecule has 0 aliphatic carbocycles. The summed E-state index contributed by atoms with van der Waals surface area (Å²) in [4.78, 5) is 12.3. The third kappa shape index (κ3) is 3.90. The number of anilines is 2. The average molecular weight is 429 g/mol. The van der Waals surface area contributed by atoms with Crippen molar-refractivity contribution in [3.8, 4) is 0 Å².